The number of halogens is 3. The Kier molecular flexibility index (Phi) is 10.3. The normalized spacial score (nSPS) is 21.7. The lowest BCUT2D eigenvalue weighted by Gasteiger charge is -2.35. The Hall–Kier alpha value is -4.03. The quantitative estimate of drug-likeness (QED) is 0.105. The number of rotatable bonds is 10. The maximum Gasteiger partial charge on any atom is 0.446 e. The van der Waals surface area contributed by atoms with Crippen LogP contribution in [-0.4, -0.2) is 87.7 Å². The highest BCUT2D eigenvalue weighted by Gasteiger charge is 2.33. The van der Waals surface area contributed by atoms with Crippen molar-refractivity contribution < 1.29 is 27.9 Å². The number of nitrogens with two attached hydrogens (primary N) is 3. The van der Waals surface area contributed by atoms with Crippen LogP contribution in [0.25, 0.3) is 0 Å². The number of nitrogens with zero attached hydrogens (tertiary/aromatic N) is 5. The number of ketones is 1. The van der Waals surface area contributed by atoms with Gasteiger partial charge in [-0.2, -0.15) is 28.1 Å². The fourth-order valence-corrected chi connectivity index (χ4v) is 5.99. The molecule has 13 nitrogen and oxygen atoms in total. The molecule has 2 aromatic carbocycles. The van der Waals surface area contributed by atoms with Crippen LogP contribution in [0.1, 0.15) is 29.6 Å². The number of carbonyl (C=O) groups is 2. The molecule has 2 aliphatic rings. The molecule has 4 atom stereocenters. The third-order valence-electron chi connectivity index (χ3n) is 7.48. The van der Waals surface area contributed by atoms with Crippen LogP contribution in [0, 0.1) is 0 Å². The Morgan fingerprint density at radius 2 is 1.48 bits per heavy atom. The number of carbonyl (C=O) groups excluding carboxylic acids is 2. The van der Waals surface area contributed by atoms with Crippen molar-refractivity contribution in [3.8, 4) is 0 Å². The number of alkyl halides is 3. The second-order valence-electron chi connectivity index (χ2n) is 11.3. The van der Waals surface area contributed by atoms with Crippen molar-refractivity contribution in [1.29, 1.82) is 0 Å². The van der Waals surface area contributed by atoms with E-state index in [2.05, 4.69) is 25.6 Å². The highest BCUT2D eigenvalue weighted by atomic mass is 32.2. The lowest BCUT2D eigenvalue weighted by molar-refractivity contribution is -0.115. The molecular formula is C29H35F3N10O3S. The van der Waals surface area contributed by atoms with E-state index >= 15 is 0 Å². The Morgan fingerprint density at radius 1 is 0.870 bits per heavy atom. The van der Waals surface area contributed by atoms with Gasteiger partial charge in [0.1, 0.15) is 0 Å². The van der Waals surface area contributed by atoms with E-state index < -0.39 is 23.6 Å². The highest BCUT2D eigenvalue weighted by Crippen LogP contribution is 2.37. The molecule has 1 amide bonds. The summed E-state index contributed by atoms with van der Waals surface area (Å²) in [6.45, 7) is 1.36. The van der Waals surface area contributed by atoms with Crippen LogP contribution in [0.5, 0.6) is 0 Å². The number of hydrogen-bond acceptors (Lipinski definition) is 13. The summed E-state index contributed by atoms with van der Waals surface area (Å²) in [5, 5.41) is 15.6. The van der Waals surface area contributed by atoms with Gasteiger partial charge in [-0.25, -0.2) is 0 Å². The monoisotopic (exact) mass is 660 g/mol. The van der Waals surface area contributed by atoms with Crippen molar-refractivity contribution in [1.82, 2.24) is 15.0 Å². The predicted octanol–water partition coefficient (Wildman–Crippen LogP) is 2.20. The number of hydrogen-bond donors (Lipinski definition) is 6. The van der Waals surface area contributed by atoms with E-state index in [-0.39, 0.29) is 64.6 Å². The molecule has 2 saturated heterocycles. The average molecular weight is 661 g/mol. The first-order valence-electron chi connectivity index (χ1n) is 14.6. The minimum atomic E-state index is -4.41. The van der Waals surface area contributed by atoms with Gasteiger partial charge in [-0.1, -0.05) is 0 Å². The molecular weight excluding hydrogens is 625 g/mol. The fraction of sp³-hybridized carbons (Fsp3) is 0.414. The van der Waals surface area contributed by atoms with Crippen molar-refractivity contribution in [3.05, 3.63) is 54.1 Å². The number of thioether (sulfide) groups is 1. The third-order valence-corrected chi connectivity index (χ3v) is 8.22. The van der Waals surface area contributed by atoms with Crippen molar-refractivity contribution in [2.75, 3.05) is 46.7 Å². The predicted molar refractivity (Wildman–Crippen MR) is 169 cm³/mol. The van der Waals surface area contributed by atoms with E-state index in [0.717, 1.165) is 0 Å². The van der Waals surface area contributed by atoms with Crippen molar-refractivity contribution >= 4 is 52.7 Å². The van der Waals surface area contributed by atoms with E-state index in [1.807, 2.05) is 9.80 Å². The molecule has 3 aromatic rings. The Morgan fingerprint density at radius 3 is 2.11 bits per heavy atom. The van der Waals surface area contributed by atoms with Gasteiger partial charge in [-0.15, -0.1) is 0 Å². The first kappa shape index (κ1) is 33.3. The van der Waals surface area contributed by atoms with Crippen LogP contribution in [0.15, 0.2) is 53.4 Å². The molecule has 5 rings (SSSR count). The minimum absolute atomic E-state index is 0.0191. The number of benzene rings is 2. The number of aromatic nitrogens is 3. The Balaban J connectivity index is 1.26. The molecule has 46 heavy (non-hydrogen) atoms. The number of piperidine rings is 1. The minimum Gasteiger partial charge on any atom is -0.394 e. The number of amides is 1. The topological polar surface area (TPSA) is 202 Å². The van der Waals surface area contributed by atoms with Gasteiger partial charge in [-0.3, -0.25) is 9.59 Å². The van der Waals surface area contributed by atoms with Crippen LogP contribution in [-0.2, 0) is 4.79 Å². The van der Waals surface area contributed by atoms with E-state index in [9.17, 15) is 27.9 Å². The third kappa shape index (κ3) is 8.82. The SMILES string of the molecule is N[C@@H]1C[C@H](N)CN(c2nc(Nc3ccc(C(=O)CC(=O)Nc4ccc(SC(F)(F)F)cc4)cc3)nc(N3C[C@H](N)C[C@@H]3CO)n2)C1. The largest absolute Gasteiger partial charge is 0.446 e. The molecule has 3 heterocycles. The van der Waals surface area contributed by atoms with Crippen LogP contribution < -0.4 is 37.6 Å². The van der Waals surface area contributed by atoms with Crippen molar-refractivity contribution in [2.45, 2.75) is 53.8 Å². The van der Waals surface area contributed by atoms with Gasteiger partial charge in [0.15, 0.2) is 5.78 Å². The summed E-state index contributed by atoms with van der Waals surface area (Å²) in [5.74, 6) is -0.103. The fourth-order valence-electron chi connectivity index (χ4n) is 5.45. The second-order valence-corrected chi connectivity index (χ2v) is 12.5. The highest BCUT2D eigenvalue weighted by molar-refractivity contribution is 8.00. The van der Waals surface area contributed by atoms with Gasteiger partial charge in [0.05, 0.1) is 19.1 Å². The van der Waals surface area contributed by atoms with E-state index in [1.165, 1.54) is 24.3 Å². The molecule has 0 unspecified atom stereocenters. The number of nitrogens with one attached hydrogen (secondary N) is 2. The number of aliphatic hydroxyl groups excluding tert-OH is 1. The number of anilines is 5. The van der Waals surface area contributed by atoms with Crippen LogP contribution in [0.2, 0.25) is 0 Å². The first-order chi connectivity index (χ1) is 21.8. The van der Waals surface area contributed by atoms with Crippen LogP contribution >= 0.6 is 11.8 Å². The van der Waals surface area contributed by atoms with Gasteiger partial charge in [0.25, 0.3) is 0 Å². The summed E-state index contributed by atoms with van der Waals surface area (Å²) in [5.41, 5.74) is 15.3. The molecule has 1 aromatic heterocycles. The molecule has 17 heteroatoms. The summed E-state index contributed by atoms with van der Waals surface area (Å²) in [4.78, 5) is 42.8. The lowest BCUT2D eigenvalue weighted by atomic mass is 10.0. The van der Waals surface area contributed by atoms with Gasteiger partial charge < -0.3 is 42.7 Å². The first-order valence-corrected chi connectivity index (χ1v) is 15.4. The van der Waals surface area contributed by atoms with Gasteiger partial charge in [0, 0.05) is 59.6 Å². The molecule has 0 aliphatic carbocycles. The summed E-state index contributed by atoms with van der Waals surface area (Å²) < 4.78 is 37.6. The van der Waals surface area contributed by atoms with E-state index in [0.29, 0.717) is 50.1 Å². The molecule has 0 spiro atoms. The van der Waals surface area contributed by atoms with Crippen molar-refractivity contribution in [3.63, 3.8) is 0 Å². The number of aliphatic hydroxyl groups is 1. The van der Waals surface area contributed by atoms with Gasteiger partial charge in [0.2, 0.25) is 23.8 Å². The second kappa shape index (κ2) is 14.2. The maximum atomic E-state index is 12.8. The molecule has 246 valence electrons. The molecule has 0 radical (unpaired) electrons. The zero-order valence-corrected chi connectivity index (χ0v) is 25.5. The maximum absolute atomic E-state index is 12.8. The smallest absolute Gasteiger partial charge is 0.394 e. The van der Waals surface area contributed by atoms with Crippen LogP contribution in [0.3, 0.4) is 0 Å². The Labute approximate surface area is 267 Å². The van der Waals surface area contributed by atoms with E-state index in [4.69, 9.17) is 17.2 Å². The Bertz CT molecular complexity index is 1520. The summed E-state index contributed by atoms with van der Waals surface area (Å²) >= 11 is -0.258. The van der Waals surface area contributed by atoms with Gasteiger partial charge >= 0.3 is 5.51 Å². The summed E-state index contributed by atoms with van der Waals surface area (Å²) in [6.07, 6.45) is 0.800. The average Bonchev–Trinajstić information content (AvgIpc) is 3.38. The molecule has 2 fully saturated rings. The van der Waals surface area contributed by atoms with E-state index in [1.54, 1.807) is 24.3 Å². The molecule has 9 N–H and O–H groups in total. The van der Waals surface area contributed by atoms with Crippen LogP contribution in [0.4, 0.5) is 42.4 Å². The standard InChI is InChI=1S/C29H35F3N10O3S/c30-29(31,32)46-23-7-5-20(6-8-23)36-25(45)11-24(44)16-1-3-21(4-2-16)37-26-38-27(41-12-17(33)9-18(34)13-41)40-28(39-26)42-14-19(35)10-22(42)15-43/h1-8,17-19,22,43H,9-15,33-35H2,(H,36,45)(H,37,38,39,40)/t17-,18+,19-,22-/m1/s1. The number of Topliss-reactive ketones (excluding diaryl/α,β-unsaturated/α-hetero) is 1. The summed E-state index contributed by atoms with van der Waals surface area (Å²) in [7, 11) is 0. The lowest BCUT2D eigenvalue weighted by Crippen LogP contribution is -2.53. The summed E-state index contributed by atoms with van der Waals surface area (Å²) in [6, 6.07) is 10.8. The van der Waals surface area contributed by atoms with Gasteiger partial charge in [-0.05, 0) is 73.1 Å². The van der Waals surface area contributed by atoms with Crippen molar-refractivity contribution in [2.24, 2.45) is 17.2 Å². The zero-order valence-electron chi connectivity index (χ0n) is 24.7. The zero-order chi connectivity index (χ0) is 33.0. The molecule has 0 saturated carbocycles. The molecule has 2 aliphatic heterocycles. The molecule has 0 bridgehead atoms.